The number of nitrogens with one attached hydrogen (secondary N) is 2. The summed E-state index contributed by atoms with van der Waals surface area (Å²) in [5.41, 5.74) is 1.91. The first-order chi connectivity index (χ1) is 9.31. The molecule has 1 saturated heterocycles. The van der Waals surface area contributed by atoms with Crippen molar-refractivity contribution in [3.8, 4) is 5.75 Å². The second-order valence-corrected chi connectivity index (χ2v) is 5.03. The monoisotopic (exact) mass is 262 g/mol. The number of ether oxygens (including phenoxy) is 2. The molecule has 19 heavy (non-hydrogen) atoms. The van der Waals surface area contributed by atoms with Crippen LogP contribution >= 0.6 is 0 Å². The van der Waals surface area contributed by atoms with Crippen LogP contribution in [-0.4, -0.2) is 32.3 Å². The lowest BCUT2D eigenvalue weighted by Crippen LogP contribution is -2.26. The highest BCUT2D eigenvalue weighted by molar-refractivity contribution is 5.95. The summed E-state index contributed by atoms with van der Waals surface area (Å²) in [6.07, 6.45) is 1.14. The molecule has 0 spiro atoms. The van der Waals surface area contributed by atoms with Crippen molar-refractivity contribution in [3.05, 3.63) is 23.8 Å². The zero-order valence-electron chi connectivity index (χ0n) is 10.8. The highest BCUT2D eigenvalue weighted by Gasteiger charge is 2.17. The highest BCUT2D eigenvalue weighted by atomic mass is 16.5. The lowest BCUT2D eigenvalue weighted by molar-refractivity contribution is -0.118. The van der Waals surface area contributed by atoms with Crippen LogP contribution in [0.25, 0.3) is 0 Å². The van der Waals surface area contributed by atoms with Gasteiger partial charge in [-0.2, -0.15) is 0 Å². The van der Waals surface area contributed by atoms with Crippen molar-refractivity contribution in [2.45, 2.75) is 13.0 Å². The topological polar surface area (TPSA) is 59.6 Å². The van der Waals surface area contributed by atoms with Crippen molar-refractivity contribution >= 4 is 11.6 Å². The van der Waals surface area contributed by atoms with E-state index in [9.17, 15) is 4.79 Å². The number of benzene rings is 1. The van der Waals surface area contributed by atoms with Crippen molar-refractivity contribution in [2.24, 2.45) is 5.92 Å². The van der Waals surface area contributed by atoms with E-state index in [4.69, 9.17) is 9.47 Å². The van der Waals surface area contributed by atoms with Crippen LogP contribution in [0.2, 0.25) is 0 Å². The minimum absolute atomic E-state index is 0.0966. The van der Waals surface area contributed by atoms with Crippen LogP contribution in [0.1, 0.15) is 12.0 Å². The van der Waals surface area contributed by atoms with Gasteiger partial charge in [0, 0.05) is 19.7 Å². The van der Waals surface area contributed by atoms with Crippen molar-refractivity contribution < 1.29 is 14.3 Å². The normalized spacial score (nSPS) is 21.7. The van der Waals surface area contributed by atoms with Gasteiger partial charge in [0.25, 0.3) is 5.91 Å². The molecule has 0 aliphatic carbocycles. The second-order valence-electron chi connectivity index (χ2n) is 5.03. The molecule has 0 radical (unpaired) electrons. The van der Waals surface area contributed by atoms with Crippen molar-refractivity contribution in [3.63, 3.8) is 0 Å². The summed E-state index contributed by atoms with van der Waals surface area (Å²) in [6.45, 7) is 3.61. The Labute approximate surface area is 112 Å². The summed E-state index contributed by atoms with van der Waals surface area (Å²) in [5, 5.41) is 6.25. The quantitative estimate of drug-likeness (QED) is 0.854. The van der Waals surface area contributed by atoms with Crippen LogP contribution in [0.5, 0.6) is 5.75 Å². The minimum atomic E-state index is -0.0966. The van der Waals surface area contributed by atoms with Crippen LogP contribution in [-0.2, 0) is 16.1 Å². The summed E-state index contributed by atoms with van der Waals surface area (Å²) < 4.78 is 10.7. The summed E-state index contributed by atoms with van der Waals surface area (Å²) in [6, 6.07) is 5.89. The highest BCUT2D eigenvalue weighted by Crippen LogP contribution is 2.28. The molecule has 1 amide bonds. The van der Waals surface area contributed by atoms with E-state index < -0.39 is 0 Å². The van der Waals surface area contributed by atoms with Crippen LogP contribution in [0, 0.1) is 5.92 Å². The average molecular weight is 262 g/mol. The van der Waals surface area contributed by atoms with E-state index in [0.29, 0.717) is 5.92 Å². The third kappa shape index (κ3) is 3.05. The van der Waals surface area contributed by atoms with Gasteiger partial charge in [-0.3, -0.25) is 4.79 Å². The average Bonchev–Trinajstić information content (AvgIpc) is 2.91. The number of hydrogen-bond acceptors (Lipinski definition) is 4. The Bertz CT molecular complexity index is 470. The SMILES string of the molecule is O=C1COc2ccc(CNCC3CCOC3)cc2N1. The number of fused-ring (bicyclic) bond motifs is 1. The summed E-state index contributed by atoms with van der Waals surface area (Å²) >= 11 is 0. The maximum atomic E-state index is 11.3. The second kappa shape index (κ2) is 5.59. The van der Waals surface area contributed by atoms with Gasteiger partial charge in [0.05, 0.1) is 12.3 Å². The predicted molar refractivity (Wildman–Crippen MR) is 71.2 cm³/mol. The van der Waals surface area contributed by atoms with Crippen molar-refractivity contribution in [2.75, 3.05) is 31.7 Å². The molecule has 1 aromatic rings. The number of amides is 1. The van der Waals surface area contributed by atoms with E-state index in [1.807, 2.05) is 18.2 Å². The Morgan fingerprint density at radius 3 is 3.21 bits per heavy atom. The lowest BCUT2D eigenvalue weighted by atomic mass is 10.1. The Kier molecular flexibility index (Phi) is 3.66. The van der Waals surface area contributed by atoms with Gasteiger partial charge in [0.2, 0.25) is 0 Å². The molecule has 1 unspecified atom stereocenters. The molecule has 2 N–H and O–H groups in total. The first kappa shape index (κ1) is 12.4. The molecule has 2 aliphatic rings. The Morgan fingerprint density at radius 1 is 1.42 bits per heavy atom. The smallest absolute Gasteiger partial charge is 0.262 e. The van der Waals surface area contributed by atoms with E-state index in [-0.39, 0.29) is 12.5 Å². The van der Waals surface area contributed by atoms with Gasteiger partial charge in [0.15, 0.2) is 6.61 Å². The van der Waals surface area contributed by atoms with Gasteiger partial charge >= 0.3 is 0 Å². The van der Waals surface area contributed by atoms with Gasteiger partial charge in [-0.25, -0.2) is 0 Å². The zero-order valence-corrected chi connectivity index (χ0v) is 10.8. The minimum Gasteiger partial charge on any atom is -0.482 e. The third-order valence-corrected chi connectivity index (χ3v) is 3.46. The molecule has 0 saturated carbocycles. The molecule has 2 aliphatic heterocycles. The molecular formula is C14H18N2O3. The standard InChI is InChI=1S/C14H18N2O3/c17-14-9-19-13-2-1-10(5-12(13)16-14)6-15-7-11-3-4-18-8-11/h1-2,5,11,15H,3-4,6-9H2,(H,16,17). The molecule has 5 nitrogen and oxygen atoms in total. The number of hydrogen-bond donors (Lipinski definition) is 2. The van der Waals surface area contributed by atoms with Crippen LogP contribution in [0.3, 0.4) is 0 Å². The fourth-order valence-corrected chi connectivity index (χ4v) is 2.41. The third-order valence-electron chi connectivity index (χ3n) is 3.46. The maximum Gasteiger partial charge on any atom is 0.262 e. The van der Waals surface area contributed by atoms with E-state index in [1.54, 1.807) is 0 Å². The number of rotatable bonds is 4. The fraction of sp³-hybridized carbons (Fsp3) is 0.500. The zero-order chi connectivity index (χ0) is 13.1. The maximum absolute atomic E-state index is 11.3. The van der Waals surface area contributed by atoms with E-state index in [2.05, 4.69) is 10.6 Å². The molecule has 1 fully saturated rings. The van der Waals surface area contributed by atoms with E-state index in [0.717, 1.165) is 49.7 Å². The molecule has 0 aromatic heterocycles. The number of anilines is 1. The molecule has 0 bridgehead atoms. The molecule has 2 heterocycles. The largest absolute Gasteiger partial charge is 0.482 e. The number of carbonyl (C=O) groups excluding carboxylic acids is 1. The van der Waals surface area contributed by atoms with Gasteiger partial charge in [0.1, 0.15) is 5.75 Å². The van der Waals surface area contributed by atoms with Crippen molar-refractivity contribution in [1.82, 2.24) is 5.32 Å². The number of carbonyl (C=O) groups is 1. The van der Waals surface area contributed by atoms with Gasteiger partial charge in [-0.1, -0.05) is 6.07 Å². The van der Waals surface area contributed by atoms with Crippen LogP contribution in [0.4, 0.5) is 5.69 Å². The Hall–Kier alpha value is -1.59. The first-order valence-corrected chi connectivity index (χ1v) is 6.65. The fourth-order valence-electron chi connectivity index (χ4n) is 2.41. The van der Waals surface area contributed by atoms with E-state index >= 15 is 0 Å². The molecule has 102 valence electrons. The van der Waals surface area contributed by atoms with Crippen LogP contribution < -0.4 is 15.4 Å². The molecular weight excluding hydrogens is 244 g/mol. The first-order valence-electron chi connectivity index (χ1n) is 6.65. The van der Waals surface area contributed by atoms with Gasteiger partial charge in [-0.05, 0) is 30.0 Å². The molecule has 1 atom stereocenters. The predicted octanol–water partition coefficient (Wildman–Crippen LogP) is 1.14. The van der Waals surface area contributed by atoms with Crippen molar-refractivity contribution in [1.29, 1.82) is 0 Å². The summed E-state index contributed by atoms with van der Waals surface area (Å²) in [5.74, 6) is 1.27. The molecule has 3 rings (SSSR count). The van der Waals surface area contributed by atoms with Crippen LogP contribution in [0.15, 0.2) is 18.2 Å². The summed E-state index contributed by atoms with van der Waals surface area (Å²) in [4.78, 5) is 11.3. The Morgan fingerprint density at radius 2 is 2.37 bits per heavy atom. The molecule has 5 heteroatoms. The van der Waals surface area contributed by atoms with E-state index in [1.165, 1.54) is 0 Å². The molecule has 1 aromatic carbocycles. The van der Waals surface area contributed by atoms with Gasteiger partial charge in [-0.15, -0.1) is 0 Å². The lowest BCUT2D eigenvalue weighted by Gasteiger charge is -2.18. The summed E-state index contributed by atoms with van der Waals surface area (Å²) in [7, 11) is 0. The Balaban J connectivity index is 1.56. The van der Waals surface area contributed by atoms with Gasteiger partial charge < -0.3 is 20.1 Å².